The van der Waals surface area contributed by atoms with Crippen molar-refractivity contribution < 1.29 is 13.2 Å². The summed E-state index contributed by atoms with van der Waals surface area (Å²) in [6.45, 7) is 3.65. The van der Waals surface area contributed by atoms with Gasteiger partial charge in [0.05, 0.1) is 4.90 Å². The molecule has 1 aromatic rings. The van der Waals surface area contributed by atoms with Crippen LogP contribution in [0.3, 0.4) is 0 Å². The molecule has 1 amide bonds. The monoisotopic (exact) mass is 322 g/mol. The fraction of sp³-hybridized carbons (Fsp3) is 0.438. The van der Waals surface area contributed by atoms with E-state index in [-0.39, 0.29) is 17.3 Å². The fourth-order valence-corrected chi connectivity index (χ4v) is 3.66. The van der Waals surface area contributed by atoms with E-state index in [9.17, 15) is 13.2 Å². The summed E-state index contributed by atoms with van der Waals surface area (Å²) >= 11 is 0. The topological polar surface area (TPSA) is 75.3 Å². The average molecular weight is 322 g/mol. The predicted octanol–water partition coefficient (Wildman–Crippen LogP) is 2.67. The van der Waals surface area contributed by atoms with Crippen molar-refractivity contribution in [1.29, 1.82) is 0 Å². The van der Waals surface area contributed by atoms with Crippen molar-refractivity contribution in [2.24, 2.45) is 5.92 Å². The summed E-state index contributed by atoms with van der Waals surface area (Å²) in [6, 6.07) is 6.18. The Labute approximate surface area is 131 Å². The van der Waals surface area contributed by atoms with Crippen LogP contribution >= 0.6 is 0 Å². The van der Waals surface area contributed by atoms with Gasteiger partial charge in [0.15, 0.2) is 0 Å². The van der Waals surface area contributed by atoms with Gasteiger partial charge in [-0.05, 0) is 43.0 Å². The van der Waals surface area contributed by atoms with Crippen molar-refractivity contribution >= 4 is 21.6 Å². The minimum absolute atomic E-state index is 0.00714. The van der Waals surface area contributed by atoms with Gasteiger partial charge in [0.2, 0.25) is 15.9 Å². The van der Waals surface area contributed by atoms with Crippen LogP contribution in [0.2, 0.25) is 0 Å². The molecule has 0 radical (unpaired) electrons. The summed E-state index contributed by atoms with van der Waals surface area (Å²) in [4.78, 5) is 12.1. The Morgan fingerprint density at radius 1 is 1.23 bits per heavy atom. The summed E-state index contributed by atoms with van der Waals surface area (Å²) in [6.07, 6.45) is 6.69. The molecule has 5 nitrogen and oxygen atoms in total. The lowest BCUT2D eigenvalue weighted by Crippen LogP contribution is -2.23. The third kappa shape index (κ3) is 4.68. The highest BCUT2D eigenvalue weighted by atomic mass is 32.2. The third-order valence-electron chi connectivity index (χ3n) is 3.81. The molecule has 1 aromatic carbocycles. The number of carbonyl (C=O) groups excluding carboxylic acids is 1. The third-order valence-corrected chi connectivity index (χ3v) is 5.25. The van der Waals surface area contributed by atoms with E-state index in [1.165, 1.54) is 31.1 Å². The minimum atomic E-state index is -3.52. The summed E-state index contributed by atoms with van der Waals surface area (Å²) in [5.41, 5.74) is 0.616. The molecule has 0 aromatic heterocycles. The van der Waals surface area contributed by atoms with E-state index in [0.29, 0.717) is 18.0 Å². The van der Waals surface area contributed by atoms with Crippen molar-refractivity contribution in [2.75, 3.05) is 11.9 Å². The van der Waals surface area contributed by atoms with Gasteiger partial charge >= 0.3 is 0 Å². The van der Waals surface area contributed by atoms with E-state index < -0.39 is 10.0 Å². The number of rotatable bonds is 7. The Hall–Kier alpha value is -1.66. The molecule has 2 N–H and O–H groups in total. The summed E-state index contributed by atoms with van der Waals surface area (Å²) in [5.74, 6) is 0.482. The fourth-order valence-electron chi connectivity index (χ4n) is 2.66. The number of sulfonamides is 1. The molecule has 6 heteroatoms. The lowest BCUT2D eigenvalue weighted by atomic mass is 10.0. The van der Waals surface area contributed by atoms with Gasteiger partial charge in [-0.25, -0.2) is 13.1 Å². The summed E-state index contributed by atoms with van der Waals surface area (Å²) < 4.78 is 26.2. The van der Waals surface area contributed by atoms with E-state index in [0.717, 1.165) is 12.8 Å². The van der Waals surface area contributed by atoms with Crippen LogP contribution in [0.5, 0.6) is 0 Å². The first kappa shape index (κ1) is 16.7. The first-order chi connectivity index (χ1) is 10.5. The molecule has 120 valence electrons. The Balaban J connectivity index is 1.93. The van der Waals surface area contributed by atoms with Crippen LogP contribution in [0.4, 0.5) is 5.69 Å². The van der Waals surface area contributed by atoms with Gasteiger partial charge in [-0.2, -0.15) is 0 Å². The largest absolute Gasteiger partial charge is 0.326 e. The SMILES string of the molecule is C=CCNS(=O)(=O)c1ccc(NC(=O)CC2CCCC2)cc1. The van der Waals surface area contributed by atoms with E-state index in [2.05, 4.69) is 16.6 Å². The Morgan fingerprint density at radius 2 is 1.86 bits per heavy atom. The highest BCUT2D eigenvalue weighted by Crippen LogP contribution is 2.27. The number of nitrogens with one attached hydrogen (secondary N) is 2. The molecule has 1 fully saturated rings. The van der Waals surface area contributed by atoms with Gasteiger partial charge in [0.25, 0.3) is 0 Å². The number of hydrogen-bond acceptors (Lipinski definition) is 3. The van der Waals surface area contributed by atoms with Crippen LogP contribution in [0.25, 0.3) is 0 Å². The summed E-state index contributed by atoms with van der Waals surface area (Å²) in [7, 11) is -3.52. The normalized spacial score (nSPS) is 15.6. The maximum absolute atomic E-state index is 11.9. The zero-order valence-corrected chi connectivity index (χ0v) is 13.4. The second-order valence-corrected chi connectivity index (χ2v) is 7.33. The first-order valence-corrected chi connectivity index (χ1v) is 9.00. The minimum Gasteiger partial charge on any atom is -0.326 e. The zero-order chi connectivity index (χ0) is 16.0. The van der Waals surface area contributed by atoms with Crippen molar-refractivity contribution in [1.82, 2.24) is 4.72 Å². The second-order valence-electron chi connectivity index (χ2n) is 5.57. The molecule has 1 aliphatic carbocycles. The van der Waals surface area contributed by atoms with Crippen molar-refractivity contribution in [3.05, 3.63) is 36.9 Å². The number of hydrogen-bond donors (Lipinski definition) is 2. The van der Waals surface area contributed by atoms with Crippen LogP contribution < -0.4 is 10.0 Å². The molecular weight excluding hydrogens is 300 g/mol. The standard InChI is InChI=1S/C16H22N2O3S/c1-2-11-17-22(20,21)15-9-7-14(8-10-15)18-16(19)12-13-5-3-4-6-13/h2,7-10,13,17H,1,3-6,11-12H2,(H,18,19). The lowest BCUT2D eigenvalue weighted by Gasteiger charge is -2.10. The molecule has 0 bridgehead atoms. The average Bonchev–Trinajstić information content (AvgIpc) is 2.98. The zero-order valence-electron chi connectivity index (χ0n) is 12.5. The van der Waals surface area contributed by atoms with Gasteiger partial charge < -0.3 is 5.32 Å². The Morgan fingerprint density at radius 3 is 2.45 bits per heavy atom. The molecule has 0 saturated heterocycles. The number of benzene rings is 1. The van der Waals surface area contributed by atoms with Crippen LogP contribution in [0.15, 0.2) is 41.8 Å². The van der Waals surface area contributed by atoms with Crippen LogP contribution in [0.1, 0.15) is 32.1 Å². The maximum atomic E-state index is 11.9. The quantitative estimate of drug-likeness (QED) is 0.758. The first-order valence-electron chi connectivity index (χ1n) is 7.52. The molecule has 1 saturated carbocycles. The smallest absolute Gasteiger partial charge is 0.240 e. The molecule has 1 aliphatic rings. The lowest BCUT2D eigenvalue weighted by molar-refractivity contribution is -0.117. The molecule has 0 unspecified atom stereocenters. The molecule has 22 heavy (non-hydrogen) atoms. The van der Waals surface area contributed by atoms with E-state index in [1.807, 2.05) is 0 Å². The van der Waals surface area contributed by atoms with Crippen LogP contribution in [-0.2, 0) is 14.8 Å². The summed E-state index contributed by atoms with van der Waals surface area (Å²) in [5, 5.41) is 2.82. The van der Waals surface area contributed by atoms with Crippen molar-refractivity contribution in [3.8, 4) is 0 Å². The Bertz CT molecular complexity index is 617. The van der Waals surface area contributed by atoms with E-state index in [1.54, 1.807) is 12.1 Å². The van der Waals surface area contributed by atoms with Crippen LogP contribution in [0, 0.1) is 5.92 Å². The van der Waals surface area contributed by atoms with E-state index >= 15 is 0 Å². The molecule has 0 aliphatic heterocycles. The maximum Gasteiger partial charge on any atom is 0.240 e. The number of amides is 1. The molecule has 0 heterocycles. The number of anilines is 1. The van der Waals surface area contributed by atoms with Gasteiger partial charge in [-0.1, -0.05) is 18.9 Å². The van der Waals surface area contributed by atoms with Gasteiger partial charge in [-0.3, -0.25) is 4.79 Å². The molecule has 2 rings (SSSR count). The molecule has 0 atom stereocenters. The number of carbonyl (C=O) groups is 1. The molecule has 0 spiro atoms. The van der Waals surface area contributed by atoms with Crippen molar-refractivity contribution in [2.45, 2.75) is 37.0 Å². The second kappa shape index (κ2) is 7.56. The predicted molar refractivity (Wildman–Crippen MR) is 87.0 cm³/mol. The highest BCUT2D eigenvalue weighted by molar-refractivity contribution is 7.89. The van der Waals surface area contributed by atoms with Gasteiger partial charge in [0, 0.05) is 18.7 Å². The van der Waals surface area contributed by atoms with Crippen molar-refractivity contribution in [3.63, 3.8) is 0 Å². The van der Waals surface area contributed by atoms with E-state index in [4.69, 9.17) is 0 Å². The van der Waals surface area contributed by atoms with Crippen LogP contribution in [-0.4, -0.2) is 20.9 Å². The highest BCUT2D eigenvalue weighted by Gasteiger charge is 2.18. The molecular formula is C16H22N2O3S. The van der Waals surface area contributed by atoms with Gasteiger partial charge in [-0.15, -0.1) is 6.58 Å². The Kier molecular flexibility index (Phi) is 5.74. The van der Waals surface area contributed by atoms with Gasteiger partial charge in [0.1, 0.15) is 0 Å².